The van der Waals surface area contributed by atoms with E-state index in [2.05, 4.69) is 28.2 Å². The van der Waals surface area contributed by atoms with Gasteiger partial charge in [-0.1, -0.05) is 47.8 Å². The van der Waals surface area contributed by atoms with Crippen molar-refractivity contribution in [3.8, 4) is 0 Å². The van der Waals surface area contributed by atoms with Crippen LogP contribution in [0, 0.1) is 0 Å². The molecule has 1 aromatic carbocycles. The van der Waals surface area contributed by atoms with Gasteiger partial charge in [0.25, 0.3) is 5.91 Å². The number of unbranched alkanes of at least 4 members (excludes halogenated alkanes) is 2. The van der Waals surface area contributed by atoms with Gasteiger partial charge in [-0.15, -0.1) is 0 Å². The summed E-state index contributed by atoms with van der Waals surface area (Å²) in [5.41, 5.74) is 1.75. The summed E-state index contributed by atoms with van der Waals surface area (Å²) in [5.74, 6) is -0.0384. The highest BCUT2D eigenvalue weighted by molar-refractivity contribution is 9.09. The smallest absolute Gasteiger partial charge is 0.305 e. The summed E-state index contributed by atoms with van der Waals surface area (Å²) in [5, 5.41) is 3.38. The summed E-state index contributed by atoms with van der Waals surface area (Å²) in [4.78, 5) is 21.4. The van der Waals surface area contributed by atoms with Crippen LogP contribution in [0.4, 0.5) is 5.69 Å². The quantitative estimate of drug-likeness (QED) is 0.487. The molecule has 5 heteroatoms. The Morgan fingerprint density at radius 2 is 2.05 bits per heavy atom. The van der Waals surface area contributed by atoms with Crippen LogP contribution in [0.25, 0.3) is 0 Å². The molecule has 0 spiro atoms. The zero-order chi connectivity index (χ0) is 14.8. The van der Waals surface area contributed by atoms with Crippen molar-refractivity contribution in [1.29, 1.82) is 0 Å². The van der Waals surface area contributed by atoms with E-state index >= 15 is 0 Å². The Labute approximate surface area is 128 Å². The summed E-state index contributed by atoms with van der Waals surface area (Å²) in [6.07, 6.45) is 3.79. The highest BCUT2D eigenvalue weighted by Gasteiger charge is 2.19. The minimum absolute atomic E-state index is 0.0330. The van der Waals surface area contributed by atoms with Crippen LogP contribution in [0.1, 0.15) is 43.0 Å². The van der Waals surface area contributed by atoms with Crippen LogP contribution < -0.4 is 5.32 Å². The second-order valence-electron chi connectivity index (χ2n) is 4.37. The number of para-hydroxylation sites is 1. The molecule has 4 nitrogen and oxygen atoms in total. The number of hydrogen-bond acceptors (Lipinski definition) is 3. The number of halogens is 1. The van der Waals surface area contributed by atoms with Gasteiger partial charge in [-0.05, 0) is 18.6 Å². The normalized spacial score (nSPS) is 11.4. The van der Waals surface area contributed by atoms with E-state index in [0.29, 0.717) is 13.0 Å². The summed E-state index contributed by atoms with van der Waals surface area (Å²) in [6.45, 7) is 2.61. The fraction of sp³-hybridized carbons (Fsp3) is 0.467. The van der Waals surface area contributed by atoms with Crippen LogP contribution in [0.15, 0.2) is 24.3 Å². The van der Waals surface area contributed by atoms with E-state index in [9.17, 15) is 9.59 Å². The standard InChI is InChI=1S/C8H15BrO2.C7H5NO/c1-2-3-4-5-8(10)11-7-6-9;9-7-5-3-1-2-4-6(5)8-7/h2-7H2,1H3;1-4H,(H,8,9). The van der Waals surface area contributed by atoms with Crippen LogP contribution in [0.3, 0.4) is 0 Å². The number of carbonyl (C=O) groups is 2. The third-order valence-electron chi connectivity index (χ3n) is 2.74. The number of rotatable bonds is 6. The summed E-state index contributed by atoms with van der Waals surface area (Å²) in [7, 11) is 0. The molecule has 0 saturated heterocycles. The zero-order valence-corrected chi connectivity index (χ0v) is 13.2. The van der Waals surface area contributed by atoms with E-state index in [1.54, 1.807) is 0 Å². The van der Waals surface area contributed by atoms with E-state index < -0.39 is 0 Å². The molecule has 0 aliphatic carbocycles. The zero-order valence-electron chi connectivity index (χ0n) is 11.7. The van der Waals surface area contributed by atoms with Crippen molar-refractivity contribution in [2.75, 3.05) is 17.3 Å². The predicted octanol–water partition coefficient (Wildman–Crippen LogP) is 3.76. The fourth-order valence-corrected chi connectivity index (χ4v) is 1.82. The molecule has 0 radical (unpaired) electrons. The second kappa shape index (κ2) is 9.53. The number of nitrogens with one attached hydrogen (secondary N) is 1. The summed E-state index contributed by atoms with van der Waals surface area (Å²) in [6, 6.07) is 7.46. The second-order valence-corrected chi connectivity index (χ2v) is 5.16. The maximum absolute atomic E-state index is 10.8. The monoisotopic (exact) mass is 341 g/mol. The number of anilines is 1. The molecule has 1 aromatic rings. The number of fused-ring (bicyclic) bond motifs is 1. The third kappa shape index (κ3) is 5.74. The van der Waals surface area contributed by atoms with Gasteiger partial charge >= 0.3 is 5.97 Å². The van der Waals surface area contributed by atoms with Crippen molar-refractivity contribution < 1.29 is 14.3 Å². The predicted molar refractivity (Wildman–Crippen MR) is 83.3 cm³/mol. The summed E-state index contributed by atoms with van der Waals surface area (Å²) >= 11 is 3.18. The molecule has 0 saturated carbocycles. The van der Waals surface area contributed by atoms with Gasteiger partial charge in [-0.2, -0.15) is 0 Å². The molecule has 1 aliphatic heterocycles. The lowest BCUT2D eigenvalue weighted by molar-refractivity contribution is -0.143. The Balaban J connectivity index is 0.000000202. The van der Waals surface area contributed by atoms with E-state index in [1.165, 1.54) is 0 Å². The van der Waals surface area contributed by atoms with Crippen molar-refractivity contribution >= 4 is 33.5 Å². The lowest BCUT2D eigenvalue weighted by atomic mass is 10.1. The molecule has 0 aromatic heterocycles. The van der Waals surface area contributed by atoms with Gasteiger partial charge in [0.2, 0.25) is 0 Å². The molecule has 1 amide bonds. The molecule has 0 fully saturated rings. The highest BCUT2D eigenvalue weighted by Crippen LogP contribution is 2.23. The minimum atomic E-state index is -0.0714. The van der Waals surface area contributed by atoms with Crippen LogP contribution in [-0.2, 0) is 9.53 Å². The van der Waals surface area contributed by atoms with E-state index in [1.807, 2.05) is 24.3 Å². The van der Waals surface area contributed by atoms with Crippen molar-refractivity contribution in [2.45, 2.75) is 32.6 Å². The topological polar surface area (TPSA) is 55.4 Å². The van der Waals surface area contributed by atoms with Crippen molar-refractivity contribution in [3.63, 3.8) is 0 Å². The average Bonchev–Trinajstić information content (AvgIpc) is 2.45. The average molecular weight is 342 g/mol. The first-order valence-corrected chi connectivity index (χ1v) is 7.93. The molecule has 0 atom stereocenters. The largest absolute Gasteiger partial charge is 0.465 e. The van der Waals surface area contributed by atoms with Crippen molar-refractivity contribution in [1.82, 2.24) is 0 Å². The molecule has 1 aliphatic rings. The Morgan fingerprint density at radius 3 is 2.60 bits per heavy atom. The summed E-state index contributed by atoms with van der Waals surface area (Å²) < 4.78 is 4.85. The van der Waals surface area contributed by atoms with Gasteiger partial charge in [0.05, 0.1) is 11.3 Å². The molecule has 0 unspecified atom stereocenters. The van der Waals surface area contributed by atoms with Gasteiger partial charge in [-0.25, -0.2) is 0 Å². The lowest BCUT2D eigenvalue weighted by Crippen LogP contribution is -2.23. The SMILES string of the molecule is CCCCCC(=O)OCCBr.O=C1Nc2ccccc21. The van der Waals surface area contributed by atoms with Gasteiger partial charge in [-0.3, -0.25) is 9.59 Å². The highest BCUT2D eigenvalue weighted by atomic mass is 79.9. The van der Waals surface area contributed by atoms with E-state index in [4.69, 9.17) is 4.74 Å². The Morgan fingerprint density at radius 1 is 1.30 bits per heavy atom. The maximum atomic E-state index is 10.8. The van der Waals surface area contributed by atoms with Crippen LogP contribution in [-0.4, -0.2) is 23.8 Å². The first-order chi connectivity index (χ1) is 9.69. The number of carbonyl (C=O) groups excluding carboxylic acids is 2. The number of esters is 1. The Bertz CT molecular complexity index is 448. The number of hydrogen-bond donors (Lipinski definition) is 1. The van der Waals surface area contributed by atoms with Crippen LogP contribution in [0.2, 0.25) is 0 Å². The van der Waals surface area contributed by atoms with Crippen LogP contribution in [0.5, 0.6) is 0 Å². The Kier molecular flexibility index (Phi) is 7.95. The third-order valence-corrected chi connectivity index (χ3v) is 3.07. The molecular formula is C15H20BrNO3. The number of alkyl halides is 1. The van der Waals surface area contributed by atoms with Gasteiger partial charge in [0.15, 0.2) is 0 Å². The first kappa shape index (κ1) is 16.7. The molecule has 20 heavy (non-hydrogen) atoms. The number of benzene rings is 1. The molecular weight excluding hydrogens is 322 g/mol. The fourth-order valence-electron chi connectivity index (χ4n) is 1.66. The maximum Gasteiger partial charge on any atom is 0.305 e. The molecule has 0 bridgehead atoms. The van der Waals surface area contributed by atoms with E-state index in [0.717, 1.165) is 35.8 Å². The van der Waals surface area contributed by atoms with Crippen molar-refractivity contribution in [2.24, 2.45) is 0 Å². The van der Waals surface area contributed by atoms with Gasteiger partial charge < -0.3 is 10.1 Å². The van der Waals surface area contributed by atoms with Gasteiger partial charge in [0, 0.05) is 11.8 Å². The van der Waals surface area contributed by atoms with Crippen LogP contribution >= 0.6 is 15.9 Å². The molecule has 2 rings (SSSR count). The number of ether oxygens (including phenoxy) is 1. The minimum Gasteiger partial charge on any atom is -0.465 e. The molecule has 1 N–H and O–H groups in total. The molecule has 110 valence electrons. The van der Waals surface area contributed by atoms with Crippen molar-refractivity contribution in [3.05, 3.63) is 29.8 Å². The van der Waals surface area contributed by atoms with Gasteiger partial charge in [0.1, 0.15) is 6.61 Å². The molecule has 1 heterocycles. The Hall–Kier alpha value is -1.36. The van der Waals surface area contributed by atoms with E-state index in [-0.39, 0.29) is 11.9 Å². The number of amides is 1. The lowest BCUT2D eigenvalue weighted by Gasteiger charge is -2.17. The first-order valence-electron chi connectivity index (χ1n) is 6.81.